The lowest BCUT2D eigenvalue weighted by molar-refractivity contribution is 0.0341. The number of aromatic nitrogens is 1. The number of carbonyl (C=O) groups is 1. The van der Waals surface area contributed by atoms with E-state index >= 15 is 0 Å². The van der Waals surface area contributed by atoms with Gasteiger partial charge in [-0.2, -0.15) is 0 Å². The third-order valence-electron chi connectivity index (χ3n) is 3.85. The van der Waals surface area contributed by atoms with Gasteiger partial charge >= 0.3 is 0 Å². The van der Waals surface area contributed by atoms with Crippen LogP contribution in [-0.2, 0) is 11.3 Å². The molecule has 0 bridgehead atoms. The Kier molecular flexibility index (Phi) is 7.24. The molecule has 1 saturated heterocycles. The molecule has 1 N–H and O–H groups in total. The first-order valence-corrected chi connectivity index (χ1v) is 8.86. The first-order valence-electron chi connectivity index (χ1n) is 7.98. The average Bonchev–Trinajstić information content (AvgIpc) is 3.01. The molecule has 0 spiro atoms. The summed E-state index contributed by atoms with van der Waals surface area (Å²) >= 11 is 1.56. The number of morpholine rings is 1. The highest BCUT2D eigenvalue weighted by atomic mass is 32.1. The van der Waals surface area contributed by atoms with E-state index in [2.05, 4.69) is 33.9 Å². The monoisotopic (exact) mass is 326 g/mol. The molecule has 1 aliphatic rings. The summed E-state index contributed by atoms with van der Waals surface area (Å²) in [4.78, 5) is 21.1. The van der Waals surface area contributed by atoms with E-state index in [9.17, 15) is 4.79 Å². The smallest absolute Gasteiger partial charge is 0.270 e. The Morgan fingerprint density at radius 1 is 1.41 bits per heavy atom. The second-order valence-corrected chi connectivity index (χ2v) is 6.24. The minimum Gasteiger partial charge on any atom is -0.379 e. The molecule has 0 aliphatic carbocycles. The molecule has 22 heavy (non-hydrogen) atoms. The fraction of sp³-hybridized carbons (Fsp3) is 0.733. The van der Waals surface area contributed by atoms with Crippen LogP contribution < -0.4 is 5.32 Å². The van der Waals surface area contributed by atoms with Crippen LogP contribution in [0.4, 0.5) is 0 Å². The largest absolute Gasteiger partial charge is 0.379 e. The normalized spacial score (nSPS) is 16.1. The van der Waals surface area contributed by atoms with Crippen molar-refractivity contribution < 1.29 is 9.53 Å². The van der Waals surface area contributed by atoms with Gasteiger partial charge in [-0.15, -0.1) is 11.3 Å². The molecule has 124 valence electrons. The number of likely N-dealkylation sites (N-methyl/N-ethyl adjacent to an activating group) is 1. The number of nitrogens with one attached hydrogen (secondary N) is 1. The van der Waals surface area contributed by atoms with Gasteiger partial charge in [0, 0.05) is 31.6 Å². The van der Waals surface area contributed by atoms with E-state index in [1.54, 1.807) is 11.3 Å². The summed E-state index contributed by atoms with van der Waals surface area (Å²) in [5.74, 6) is -0.0726. The van der Waals surface area contributed by atoms with Gasteiger partial charge in [0.1, 0.15) is 10.7 Å². The van der Waals surface area contributed by atoms with Crippen molar-refractivity contribution in [1.82, 2.24) is 20.1 Å². The minimum atomic E-state index is -0.0726. The molecule has 0 radical (unpaired) electrons. The molecule has 0 unspecified atom stereocenters. The summed E-state index contributed by atoms with van der Waals surface area (Å²) in [6.45, 7) is 12.1. The van der Waals surface area contributed by atoms with Gasteiger partial charge in [-0.05, 0) is 13.1 Å². The maximum absolute atomic E-state index is 12.1. The van der Waals surface area contributed by atoms with Crippen molar-refractivity contribution in [2.24, 2.45) is 0 Å². The summed E-state index contributed by atoms with van der Waals surface area (Å²) in [6, 6.07) is 0. The van der Waals surface area contributed by atoms with Crippen molar-refractivity contribution in [3.63, 3.8) is 0 Å². The topological polar surface area (TPSA) is 57.7 Å². The van der Waals surface area contributed by atoms with E-state index in [0.29, 0.717) is 12.2 Å². The highest BCUT2D eigenvalue weighted by Gasteiger charge is 2.15. The summed E-state index contributed by atoms with van der Waals surface area (Å²) < 4.78 is 5.34. The number of amides is 1. The third-order valence-corrected chi connectivity index (χ3v) is 4.69. The lowest BCUT2D eigenvalue weighted by Gasteiger charge is -2.25. The molecule has 6 nitrogen and oxygen atoms in total. The molecule has 0 aromatic carbocycles. The highest BCUT2D eigenvalue weighted by molar-refractivity contribution is 7.09. The van der Waals surface area contributed by atoms with Crippen LogP contribution >= 0.6 is 11.3 Å². The first kappa shape index (κ1) is 17.3. The maximum Gasteiger partial charge on any atom is 0.270 e. The molecule has 1 aromatic heterocycles. The Hall–Kier alpha value is -1.02. The molecule has 0 atom stereocenters. The number of thiazole rings is 1. The van der Waals surface area contributed by atoms with Crippen LogP contribution in [0.2, 0.25) is 0 Å². The van der Waals surface area contributed by atoms with Gasteiger partial charge in [-0.3, -0.25) is 9.69 Å². The SMILES string of the molecule is CCN(CC)CCNC(=O)c1csc(CN2CCOCC2)n1. The van der Waals surface area contributed by atoms with Crippen molar-refractivity contribution in [2.45, 2.75) is 20.4 Å². The van der Waals surface area contributed by atoms with Crippen molar-refractivity contribution in [1.29, 1.82) is 0 Å². The zero-order valence-corrected chi connectivity index (χ0v) is 14.3. The number of hydrogen-bond donors (Lipinski definition) is 1. The Balaban J connectivity index is 1.76. The van der Waals surface area contributed by atoms with E-state index in [4.69, 9.17) is 4.74 Å². The summed E-state index contributed by atoms with van der Waals surface area (Å²) in [7, 11) is 0. The molecule has 1 aromatic rings. The van der Waals surface area contributed by atoms with Gasteiger partial charge in [0.15, 0.2) is 0 Å². The average molecular weight is 326 g/mol. The fourth-order valence-corrected chi connectivity index (χ4v) is 3.21. The molecule has 2 heterocycles. The predicted molar refractivity (Wildman–Crippen MR) is 88.3 cm³/mol. The zero-order valence-electron chi connectivity index (χ0n) is 13.5. The Labute approximate surface area is 136 Å². The van der Waals surface area contributed by atoms with Crippen molar-refractivity contribution >= 4 is 17.2 Å². The Bertz CT molecular complexity index is 456. The number of rotatable bonds is 8. The van der Waals surface area contributed by atoms with Crippen molar-refractivity contribution in [2.75, 3.05) is 52.5 Å². The summed E-state index contributed by atoms with van der Waals surface area (Å²) in [5, 5.41) is 5.79. The zero-order chi connectivity index (χ0) is 15.8. The van der Waals surface area contributed by atoms with Crippen LogP contribution in [0.15, 0.2) is 5.38 Å². The van der Waals surface area contributed by atoms with Crippen LogP contribution in [0.25, 0.3) is 0 Å². The molecule has 0 saturated carbocycles. The molecule has 1 aliphatic heterocycles. The quantitative estimate of drug-likeness (QED) is 0.774. The van der Waals surface area contributed by atoms with Gasteiger partial charge in [-0.25, -0.2) is 4.98 Å². The van der Waals surface area contributed by atoms with Crippen molar-refractivity contribution in [3.05, 3.63) is 16.1 Å². The maximum atomic E-state index is 12.1. The molecule has 1 fully saturated rings. The number of nitrogens with zero attached hydrogens (tertiary/aromatic N) is 3. The van der Waals surface area contributed by atoms with Crippen LogP contribution in [0.3, 0.4) is 0 Å². The van der Waals surface area contributed by atoms with Crippen LogP contribution in [0.5, 0.6) is 0 Å². The number of hydrogen-bond acceptors (Lipinski definition) is 6. The molecular weight excluding hydrogens is 300 g/mol. The van der Waals surface area contributed by atoms with Crippen LogP contribution in [0.1, 0.15) is 29.3 Å². The van der Waals surface area contributed by atoms with Crippen LogP contribution in [-0.4, -0.2) is 73.2 Å². The summed E-state index contributed by atoms with van der Waals surface area (Å²) in [5.41, 5.74) is 0.535. The van der Waals surface area contributed by atoms with E-state index in [-0.39, 0.29) is 5.91 Å². The van der Waals surface area contributed by atoms with Gasteiger partial charge in [0.2, 0.25) is 0 Å². The van der Waals surface area contributed by atoms with E-state index in [1.165, 1.54) is 0 Å². The Morgan fingerprint density at radius 2 is 2.14 bits per heavy atom. The molecule has 1 amide bonds. The highest BCUT2D eigenvalue weighted by Crippen LogP contribution is 2.13. The number of carbonyl (C=O) groups excluding carboxylic acids is 1. The third kappa shape index (κ3) is 5.31. The molecule has 2 rings (SSSR count). The van der Waals surface area contributed by atoms with E-state index < -0.39 is 0 Å². The van der Waals surface area contributed by atoms with Gasteiger partial charge in [0.25, 0.3) is 5.91 Å². The second kappa shape index (κ2) is 9.19. The lowest BCUT2D eigenvalue weighted by atomic mass is 10.4. The van der Waals surface area contributed by atoms with E-state index in [1.807, 2.05) is 5.38 Å². The fourth-order valence-electron chi connectivity index (χ4n) is 2.40. The Morgan fingerprint density at radius 3 is 2.82 bits per heavy atom. The molecule has 7 heteroatoms. The van der Waals surface area contributed by atoms with Gasteiger partial charge in [-0.1, -0.05) is 13.8 Å². The van der Waals surface area contributed by atoms with Gasteiger partial charge < -0.3 is 15.0 Å². The second-order valence-electron chi connectivity index (χ2n) is 5.30. The van der Waals surface area contributed by atoms with E-state index in [0.717, 1.165) is 57.5 Å². The standard InChI is InChI=1S/C15H26N4O2S/c1-3-18(4-2)6-5-16-15(20)13-12-22-14(17-13)11-19-7-9-21-10-8-19/h12H,3-11H2,1-2H3,(H,16,20). The number of ether oxygens (including phenoxy) is 1. The van der Waals surface area contributed by atoms with Gasteiger partial charge in [0.05, 0.1) is 19.8 Å². The molecular formula is C15H26N4O2S. The predicted octanol–water partition coefficient (Wildman–Crippen LogP) is 1.05. The van der Waals surface area contributed by atoms with Crippen LogP contribution in [0, 0.1) is 0 Å². The lowest BCUT2D eigenvalue weighted by Crippen LogP contribution is -2.36. The minimum absolute atomic E-state index is 0.0726. The van der Waals surface area contributed by atoms with Crippen molar-refractivity contribution in [3.8, 4) is 0 Å². The first-order chi connectivity index (χ1) is 10.7. The summed E-state index contributed by atoms with van der Waals surface area (Å²) in [6.07, 6.45) is 0.